The molecule has 0 amide bonds. The SMILES string of the molecule is Cc1nnc(CCl)s1. The van der Waals surface area contributed by atoms with Crippen LogP contribution >= 0.6 is 22.9 Å². The highest BCUT2D eigenvalue weighted by molar-refractivity contribution is 7.11. The third-order valence-electron chi connectivity index (χ3n) is 0.682. The molecule has 0 aliphatic heterocycles. The molecule has 1 heterocycles. The van der Waals surface area contributed by atoms with E-state index in [9.17, 15) is 0 Å². The molecule has 0 saturated heterocycles. The summed E-state index contributed by atoms with van der Waals surface area (Å²) in [6.07, 6.45) is 0. The smallest absolute Gasteiger partial charge is 0.132 e. The minimum atomic E-state index is 0.478. The van der Waals surface area contributed by atoms with E-state index in [1.165, 1.54) is 11.3 Å². The topological polar surface area (TPSA) is 25.8 Å². The van der Waals surface area contributed by atoms with Crippen molar-refractivity contribution >= 4 is 22.9 Å². The summed E-state index contributed by atoms with van der Waals surface area (Å²) < 4.78 is 0. The lowest BCUT2D eigenvalue weighted by Crippen LogP contribution is -1.72. The van der Waals surface area contributed by atoms with Gasteiger partial charge in [-0.15, -0.1) is 33.1 Å². The molecule has 0 bridgehead atoms. The van der Waals surface area contributed by atoms with Crippen LogP contribution < -0.4 is 0 Å². The quantitative estimate of drug-likeness (QED) is 0.566. The van der Waals surface area contributed by atoms with E-state index in [2.05, 4.69) is 10.2 Å². The van der Waals surface area contributed by atoms with Crippen LogP contribution in [0.2, 0.25) is 0 Å². The molecule has 2 nitrogen and oxygen atoms in total. The molecule has 4 heteroatoms. The molecule has 1 aromatic rings. The molecule has 0 radical (unpaired) electrons. The predicted octanol–water partition coefficient (Wildman–Crippen LogP) is 1.59. The fourth-order valence-electron chi connectivity index (χ4n) is 0.392. The van der Waals surface area contributed by atoms with Gasteiger partial charge >= 0.3 is 0 Å². The summed E-state index contributed by atoms with van der Waals surface area (Å²) in [6, 6.07) is 0. The lowest BCUT2D eigenvalue weighted by Gasteiger charge is -1.73. The zero-order valence-electron chi connectivity index (χ0n) is 4.39. The van der Waals surface area contributed by atoms with Crippen molar-refractivity contribution in [2.45, 2.75) is 12.8 Å². The van der Waals surface area contributed by atoms with Crippen molar-refractivity contribution in [3.05, 3.63) is 10.0 Å². The average Bonchev–Trinajstić information content (AvgIpc) is 2.14. The number of hydrogen-bond donors (Lipinski definition) is 0. The lowest BCUT2D eigenvalue weighted by atomic mass is 10.8. The molecule has 1 aromatic heterocycles. The number of aromatic nitrogens is 2. The first-order valence-corrected chi connectivity index (χ1v) is 3.53. The van der Waals surface area contributed by atoms with Crippen LogP contribution in [0.5, 0.6) is 0 Å². The average molecular weight is 149 g/mol. The van der Waals surface area contributed by atoms with Crippen LogP contribution in [0.1, 0.15) is 10.0 Å². The molecular weight excluding hydrogens is 144 g/mol. The van der Waals surface area contributed by atoms with Gasteiger partial charge in [-0.05, 0) is 6.92 Å². The predicted molar refractivity (Wildman–Crippen MR) is 34.2 cm³/mol. The van der Waals surface area contributed by atoms with E-state index < -0.39 is 0 Å². The fraction of sp³-hybridized carbons (Fsp3) is 0.500. The Hall–Kier alpha value is -0.150. The molecule has 0 saturated carbocycles. The summed E-state index contributed by atoms with van der Waals surface area (Å²) in [5, 5.41) is 9.41. The molecule has 44 valence electrons. The van der Waals surface area contributed by atoms with Gasteiger partial charge in [0.1, 0.15) is 10.0 Å². The number of alkyl halides is 1. The highest BCUT2D eigenvalue weighted by Gasteiger charge is 1.94. The number of rotatable bonds is 1. The number of nitrogens with zero attached hydrogens (tertiary/aromatic N) is 2. The van der Waals surface area contributed by atoms with Crippen LogP contribution in [0.3, 0.4) is 0 Å². The second-order valence-corrected chi connectivity index (χ2v) is 2.88. The Morgan fingerprint density at radius 1 is 1.62 bits per heavy atom. The summed E-state index contributed by atoms with van der Waals surface area (Å²) in [4.78, 5) is 0. The van der Waals surface area contributed by atoms with Gasteiger partial charge in [-0.1, -0.05) is 0 Å². The van der Waals surface area contributed by atoms with Crippen LogP contribution in [-0.4, -0.2) is 10.2 Å². The Morgan fingerprint density at radius 3 is 2.62 bits per heavy atom. The van der Waals surface area contributed by atoms with Crippen molar-refractivity contribution in [2.24, 2.45) is 0 Å². The monoisotopic (exact) mass is 148 g/mol. The van der Waals surface area contributed by atoms with Crippen molar-refractivity contribution in [2.75, 3.05) is 0 Å². The minimum Gasteiger partial charge on any atom is -0.144 e. The number of aryl methyl sites for hydroxylation is 1. The number of hydrogen-bond acceptors (Lipinski definition) is 3. The Morgan fingerprint density at radius 2 is 2.38 bits per heavy atom. The molecule has 1 rings (SSSR count). The molecule has 0 unspecified atom stereocenters. The Kier molecular flexibility index (Phi) is 1.81. The van der Waals surface area contributed by atoms with Crippen molar-refractivity contribution in [3.8, 4) is 0 Å². The molecule has 0 aromatic carbocycles. The summed E-state index contributed by atoms with van der Waals surface area (Å²) in [5.41, 5.74) is 0. The second kappa shape index (κ2) is 2.42. The molecule has 0 fully saturated rings. The molecule has 8 heavy (non-hydrogen) atoms. The standard InChI is InChI=1S/C4H5ClN2S/c1-3-6-7-4(2-5)8-3/h2H2,1H3. The van der Waals surface area contributed by atoms with Crippen LogP contribution in [-0.2, 0) is 5.88 Å². The third-order valence-corrected chi connectivity index (χ3v) is 1.93. The van der Waals surface area contributed by atoms with Gasteiger partial charge in [-0.25, -0.2) is 0 Å². The molecular formula is C4H5ClN2S. The van der Waals surface area contributed by atoms with Gasteiger partial charge in [-0.2, -0.15) is 0 Å². The zero-order chi connectivity index (χ0) is 5.98. The fourth-order valence-corrected chi connectivity index (χ4v) is 1.17. The molecule has 0 aliphatic rings. The lowest BCUT2D eigenvalue weighted by molar-refractivity contribution is 1.01. The van der Waals surface area contributed by atoms with E-state index in [0.29, 0.717) is 5.88 Å². The van der Waals surface area contributed by atoms with Crippen LogP contribution in [0.25, 0.3) is 0 Å². The van der Waals surface area contributed by atoms with E-state index in [-0.39, 0.29) is 0 Å². The maximum Gasteiger partial charge on any atom is 0.132 e. The van der Waals surface area contributed by atoms with Crippen LogP contribution in [0.4, 0.5) is 0 Å². The van der Waals surface area contributed by atoms with Gasteiger partial charge in [0, 0.05) is 0 Å². The Balaban J connectivity index is 2.84. The second-order valence-electron chi connectivity index (χ2n) is 1.35. The van der Waals surface area contributed by atoms with E-state index in [1.807, 2.05) is 6.92 Å². The van der Waals surface area contributed by atoms with Gasteiger partial charge in [0.15, 0.2) is 0 Å². The molecule has 0 N–H and O–H groups in total. The van der Waals surface area contributed by atoms with Crippen molar-refractivity contribution < 1.29 is 0 Å². The highest BCUT2D eigenvalue weighted by atomic mass is 35.5. The van der Waals surface area contributed by atoms with E-state index >= 15 is 0 Å². The molecule has 0 atom stereocenters. The largest absolute Gasteiger partial charge is 0.144 e. The van der Waals surface area contributed by atoms with Gasteiger partial charge < -0.3 is 0 Å². The first-order valence-electron chi connectivity index (χ1n) is 2.18. The van der Waals surface area contributed by atoms with E-state index in [0.717, 1.165) is 10.0 Å². The first kappa shape index (κ1) is 5.98. The summed E-state index contributed by atoms with van der Waals surface area (Å²) in [7, 11) is 0. The van der Waals surface area contributed by atoms with Crippen LogP contribution in [0, 0.1) is 6.92 Å². The van der Waals surface area contributed by atoms with Gasteiger partial charge in [0.25, 0.3) is 0 Å². The molecule has 0 aliphatic carbocycles. The summed E-state index contributed by atoms with van der Waals surface area (Å²) in [6.45, 7) is 1.91. The maximum absolute atomic E-state index is 5.45. The van der Waals surface area contributed by atoms with E-state index in [4.69, 9.17) is 11.6 Å². The Labute approximate surface area is 56.5 Å². The minimum absolute atomic E-state index is 0.478. The van der Waals surface area contributed by atoms with Gasteiger partial charge in [0.05, 0.1) is 5.88 Å². The van der Waals surface area contributed by atoms with Gasteiger partial charge in [-0.3, -0.25) is 0 Å². The van der Waals surface area contributed by atoms with E-state index in [1.54, 1.807) is 0 Å². The van der Waals surface area contributed by atoms with Crippen molar-refractivity contribution in [3.63, 3.8) is 0 Å². The third kappa shape index (κ3) is 1.17. The van der Waals surface area contributed by atoms with Crippen molar-refractivity contribution in [1.82, 2.24) is 10.2 Å². The molecule has 0 spiro atoms. The summed E-state index contributed by atoms with van der Waals surface area (Å²) >= 11 is 6.98. The Bertz CT molecular complexity index is 174. The first-order chi connectivity index (χ1) is 3.83. The summed E-state index contributed by atoms with van der Waals surface area (Å²) in [5.74, 6) is 0.478. The van der Waals surface area contributed by atoms with Crippen molar-refractivity contribution in [1.29, 1.82) is 0 Å². The zero-order valence-corrected chi connectivity index (χ0v) is 5.96. The highest BCUT2D eigenvalue weighted by Crippen LogP contribution is 2.09. The van der Waals surface area contributed by atoms with Crippen LogP contribution in [0.15, 0.2) is 0 Å². The number of halogens is 1. The maximum atomic E-state index is 5.45. The van der Waals surface area contributed by atoms with Gasteiger partial charge in [0.2, 0.25) is 0 Å². The normalized spacial score (nSPS) is 9.75.